The molecule has 9 heteroatoms. The second-order valence-electron chi connectivity index (χ2n) is 7.11. The zero-order chi connectivity index (χ0) is 21.7. The van der Waals surface area contributed by atoms with Crippen molar-refractivity contribution in [2.45, 2.75) is 25.8 Å². The molecule has 7 nitrogen and oxygen atoms in total. The van der Waals surface area contributed by atoms with Gasteiger partial charge in [0.25, 0.3) is 0 Å². The lowest BCUT2D eigenvalue weighted by atomic mass is 10.1. The molecule has 1 atom stereocenters. The number of fused-ring (bicyclic) bond motifs is 1. The molecule has 0 radical (unpaired) electrons. The highest BCUT2D eigenvalue weighted by atomic mass is 32.2. The first-order chi connectivity index (χ1) is 14.2. The zero-order valence-corrected chi connectivity index (χ0v) is 17.7. The molecule has 3 rings (SSSR count). The van der Waals surface area contributed by atoms with Crippen LogP contribution in [0.1, 0.15) is 31.4 Å². The molecule has 0 fully saturated rings. The van der Waals surface area contributed by atoms with E-state index in [4.69, 9.17) is 9.47 Å². The number of nitrogens with zero attached hydrogens (tertiary/aromatic N) is 1. The highest BCUT2D eigenvalue weighted by Crippen LogP contribution is 2.32. The van der Waals surface area contributed by atoms with Crippen LogP contribution in [-0.4, -0.2) is 40.3 Å². The summed E-state index contributed by atoms with van der Waals surface area (Å²) in [4.78, 5) is 12.3. The minimum Gasteiger partial charge on any atom is -0.486 e. The van der Waals surface area contributed by atoms with Gasteiger partial charge < -0.3 is 14.8 Å². The van der Waals surface area contributed by atoms with Gasteiger partial charge in [0.2, 0.25) is 15.9 Å². The highest BCUT2D eigenvalue weighted by Gasteiger charge is 2.19. The van der Waals surface area contributed by atoms with Gasteiger partial charge in [-0.15, -0.1) is 0 Å². The lowest BCUT2D eigenvalue weighted by Crippen LogP contribution is -2.32. The van der Waals surface area contributed by atoms with Gasteiger partial charge in [-0.2, -0.15) is 0 Å². The Labute approximate surface area is 175 Å². The smallest absolute Gasteiger partial charge is 0.232 e. The van der Waals surface area contributed by atoms with Crippen LogP contribution in [0.3, 0.4) is 0 Å². The summed E-state index contributed by atoms with van der Waals surface area (Å²) in [5.74, 6) is 0.706. The summed E-state index contributed by atoms with van der Waals surface area (Å²) in [6.07, 6.45) is 1.56. The van der Waals surface area contributed by atoms with E-state index in [-0.39, 0.29) is 24.9 Å². The molecule has 0 bridgehead atoms. The molecule has 1 aliphatic rings. The summed E-state index contributed by atoms with van der Waals surface area (Å²) in [6.45, 7) is 2.99. The van der Waals surface area contributed by atoms with Crippen molar-refractivity contribution in [2.24, 2.45) is 0 Å². The van der Waals surface area contributed by atoms with Gasteiger partial charge in [-0.05, 0) is 55.3 Å². The van der Waals surface area contributed by atoms with E-state index in [0.717, 1.165) is 11.8 Å². The summed E-state index contributed by atoms with van der Waals surface area (Å²) in [6, 6.07) is 10.5. The zero-order valence-electron chi connectivity index (χ0n) is 16.9. The molecule has 2 aromatic carbocycles. The van der Waals surface area contributed by atoms with E-state index in [1.54, 1.807) is 0 Å². The molecule has 1 amide bonds. The van der Waals surface area contributed by atoms with Crippen LogP contribution in [0.5, 0.6) is 11.5 Å². The van der Waals surface area contributed by atoms with Crippen molar-refractivity contribution < 1.29 is 27.1 Å². The number of carbonyl (C=O) groups is 1. The third kappa shape index (κ3) is 5.63. The Balaban J connectivity index is 1.55. The molecule has 1 N–H and O–H groups in total. The van der Waals surface area contributed by atoms with Crippen LogP contribution in [0.4, 0.5) is 10.1 Å². The Bertz CT molecular complexity index is 995. The van der Waals surface area contributed by atoms with Crippen LogP contribution >= 0.6 is 0 Å². The van der Waals surface area contributed by atoms with Gasteiger partial charge in [-0.1, -0.05) is 6.07 Å². The number of ether oxygens (including phenoxy) is 2. The van der Waals surface area contributed by atoms with E-state index in [2.05, 4.69) is 5.32 Å². The Morgan fingerprint density at radius 2 is 1.80 bits per heavy atom. The number of benzene rings is 2. The second kappa shape index (κ2) is 9.34. The topological polar surface area (TPSA) is 84.9 Å². The Kier molecular flexibility index (Phi) is 6.81. The van der Waals surface area contributed by atoms with E-state index in [9.17, 15) is 17.6 Å². The Morgan fingerprint density at radius 3 is 2.47 bits per heavy atom. The number of rotatable bonds is 8. The number of carbonyl (C=O) groups excluding carboxylic acids is 1. The molecule has 0 saturated carbocycles. The van der Waals surface area contributed by atoms with Crippen molar-refractivity contribution in [3.05, 3.63) is 53.8 Å². The number of anilines is 1. The van der Waals surface area contributed by atoms with Crippen LogP contribution in [-0.2, 0) is 14.8 Å². The first-order valence-electron chi connectivity index (χ1n) is 9.66. The van der Waals surface area contributed by atoms with E-state index in [1.807, 2.05) is 25.1 Å². The maximum absolute atomic E-state index is 13.1. The van der Waals surface area contributed by atoms with E-state index in [0.29, 0.717) is 36.8 Å². The average molecular weight is 437 g/mol. The minimum atomic E-state index is -3.55. The molecule has 162 valence electrons. The molecule has 0 aromatic heterocycles. The second-order valence-corrected chi connectivity index (χ2v) is 9.01. The van der Waals surface area contributed by atoms with Gasteiger partial charge in [-0.25, -0.2) is 12.8 Å². The van der Waals surface area contributed by atoms with E-state index >= 15 is 0 Å². The number of amides is 1. The van der Waals surface area contributed by atoms with Crippen LogP contribution in [0.15, 0.2) is 42.5 Å². The lowest BCUT2D eigenvalue weighted by molar-refractivity contribution is -0.121. The van der Waals surface area contributed by atoms with Crippen LogP contribution in [0.2, 0.25) is 0 Å². The largest absolute Gasteiger partial charge is 0.486 e. The van der Waals surface area contributed by atoms with Crippen molar-refractivity contribution in [2.75, 3.05) is 30.3 Å². The first kappa shape index (κ1) is 21.9. The normalized spacial score (nSPS) is 14.1. The van der Waals surface area contributed by atoms with Crippen molar-refractivity contribution in [3.63, 3.8) is 0 Å². The van der Waals surface area contributed by atoms with Gasteiger partial charge in [0.05, 0.1) is 18.0 Å². The summed E-state index contributed by atoms with van der Waals surface area (Å²) < 4.78 is 49.5. The fourth-order valence-corrected chi connectivity index (χ4v) is 4.17. The third-order valence-corrected chi connectivity index (χ3v) is 5.92. The summed E-state index contributed by atoms with van der Waals surface area (Å²) in [5.41, 5.74) is 1.25. The maximum atomic E-state index is 13.1. The predicted octanol–water partition coefficient (Wildman–Crippen LogP) is 3.02. The fourth-order valence-electron chi connectivity index (χ4n) is 3.20. The summed E-state index contributed by atoms with van der Waals surface area (Å²) in [5, 5.41) is 2.91. The number of halogens is 1. The Morgan fingerprint density at radius 1 is 1.13 bits per heavy atom. The monoisotopic (exact) mass is 436 g/mol. The van der Waals surface area contributed by atoms with E-state index < -0.39 is 15.8 Å². The summed E-state index contributed by atoms with van der Waals surface area (Å²) >= 11 is 0. The van der Waals surface area contributed by atoms with E-state index in [1.165, 1.54) is 28.6 Å². The van der Waals surface area contributed by atoms with Gasteiger partial charge in [0.1, 0.15) is 19.0 Å². The predicted molar refractivity (Wildman–Crippen MR) is 112 cm³/mol. The number of hydrogen-bond donors (Lipinski definition) is 1. The first-order valence-corrected chi connectivity index (χ1v) is 11.5. The fraction of sp³-hybridized carbons (Fsp3) is 0.381. The van der Waals surface area contributed by atoms with Gasteiger partial charge in [-0.3, -0.25) is 9.10 Å². The van der Waals surface area contributed by atoms with Crippen LogP contribution in [0.25, 0.3) is 0 Å². The lowest BCUT2D eigenvalue weighted by Gasteiger charge is -2.23. The SMILES string of the molecule is C[C@@H](NC(=O)CCCN(c1ccc(F)cc1)S(C)(=O)=O)c1ccc2c(c1)OCCO2. The quantitative estimate of drug-likeness (QED) is 0.688. The number of sulfonamides is 1. The maximum Gasteiger partial charge on any atom is 0.232 e. The number of hydrogen-bond acceptors (Lipinski definition) is 5. The molecular formula is C21H25FN2O5S. The minimum absolute atomic E-state index is 0.121. The van der Waals surface area contributed by atoms with Crippen molar-refractivity contribution in [1.82, 2.24) is 5.32 Å². The molecule has 0 aliphatic carbocycles. The molecule has 2 aromatic rings. The number of nitrogens with one attached hydrogen (secondary N) is 1. The summed E-state index contributed by atoms with van der Waals surface area (Å²) in [7, 11) is -3.55. The van der Waals surface area contributed by atoms with Crippen LogP contribution in [0, 0.1) is 5.82 Å². The van der Waals surface area contributed by atoms with Gasteiger partial charge >= 0.3 is 0 Å². The van der Waals surface area contributed by atoms with Gasteiger partial charge in [0, 0.05) is 13.0 Å². The van der Waals surface area contributed by atoms with Crippen molar-refractivity contribution >= 4 is 21.6 Å². The third-order valence-electron chi connectivity index (χ3n) is 4.72. The van der Waals surface area contributed by atoms with Crippen LogP contribution < -0.4 is 19.1 Å². The average Bonchev–Trinajstić information content (AvgIpc) is 2.71. The highest BCUT2D eigenvalue weighted by molar-refractivity contribution is 7.92. The molecule has 0 saturated heterocycles. The molecule has 30 heavy (non-hydrogen) atoms. The molecule has 0 spiro atoms. The van der Waals surface area contributed by atoms with Crippen molar-refractivity contribution in [3.8, 4) is 11.5 Å². The molecular weight excluding hydrogens is 411 g/mol. The molecule has 1 aliphatic heterocycles. The molecule has 0 unspecified atom stereocenters. The van der Waals surface area contributed by atoms with Gasteiger partial charge in [0.15, 0.2) is 11.5 Å². The molecule has 1 heterocycles. The van der Waals surface area contributed by atoms with Crippen molar-refractivity contribution in [1.29, 1.82) is 0 Å². The standard InChI is InChI=1S/C21H25FN2O5S/c1-15(16-5-10-19-20(14-16)29-13-12-28-19)23-21(25)4-3-11-24(30(2,26)27)18-8-6-17(22)7-9-18/h5-10,14-15H,3-4,11-13H2,1-2H3,(H,23,25)/t15-/m1/s1. The Hall–Kier alpha value is -2.81.